The van der Waals surface area contributed by atoms with Crippen molar-refractivity contribution in [1.82, 2.24) is 78.1 Å². The number of rotatable bonds is 16. The van der Waals surface area contributed by atoms with E-state index < -0.39 is 124 Å². The predicted molar refractivity (Wildman–Crippen MR) is 393 cm³/mol. The number of nitrogens with zero attached hydrogens (tertiary/aromatic N) is 12. The lowest BCUT2D eigenvalue weighted by molar-refractivity contribution is -0.172. The second kappa shape index (κ2) is 28.0. The fourth-order valence-corrected chi connectivity index (χ4v) is 16.9. The molecule has 0 unspecified atom stereocenters. The minimum Gasteiger partial charge on any atom is -0.387 e. The Morgan fingerprint density at radius 1 is 0.480 bits per heavy atom. The van der Waals surface area contributed by atoms with Crippen LogP contribution < -0.4 is 22.2 Å². The average molecular weight is 1470 g/mol. The molecule has 36 heteroatoms. The molecule has 5 aliphatic heterocycles. The Bertz CT molecular complexity index is 4580. The van der Waals surface area contributed by atoms with Gasteiger partial charge in [-0.3, -0.25) is 37.4 Å². The topological polar surface area (TPSA) is 442 Å². The van der Waals surface area contributed by atoms with Crippen LogP contribution in [0.4, 0.5) is 0 Å². The second-order valence-electron chi connectivity index (χ2n) is 30.6. The Hall–Kier alpha value is -5.88. The maximum absolute atomic E-state index is 12.0. The molecule has 8 aromatic rings. The van der Waals surface area contributed by atoms with Gasteiger partial charge >= 0.3 is 0 Å². The first kappa shape index (κ1) is 76.8. The van der Waals surface area contributed by atoms with Crippen molar-refractivity contribution in [3.05, 3.63) is 90.0 Å². The molecule has 5 saturated heterocycles. The summed E-state index contributed by atoms with van der Waals surface area (Å²) < 4.78 is 36.4. The summed E-state index contributed by atoms with van der Waals surface area (Å²) in [6.45, 7) is 23.9. The van der Waals surface area contributed by atoms with Crippen LogP contribution in [-0.4, -0.2) is 295 Å². The van der Waals surface area contributed by atoms with E-state index in [2.05, 4.69) is 138 Å². The highest BCUT2D eigenvalue weighted by Gasteiger charge is 2.62. The summed E-state index contributed by atoms with van der Waals surface area (Å²) in [5, 5.41) is 74.7. The van der Waals surface area contributed by atoms with Crippen molar-refractivity contribution in [1.29, 1.82) is 0 Å². The fourth-order valence-electron chi connectivity index (χ4n) is 13.0. The lowest BCUT2D eigenvalue weighted by Crippen LogP contribution is -2.43. The van der Waals surface area contributed by atoms with Crippen LogP contribution >= 0.6 is 27.5 Å². The van der Waals surface area contributed by atoms with Crippen molar-refractivity contribution in [2.45, 2.75) is 170 Å². The number of aromatic nitrogens is 16. The summed E-state index contributed by atoms with van der Waals surface area (Å²) in [4.78, 5) is 92.1. The molecule has 100 heavy (non-hydrogen) atoms. The van der Waals surface area contributed by atoms with E-state index in [1.807, 2.05) is 0 Å². The molecule has 0 spiro atoms. The summed E-state index contributed by atoms with van der Waals surface area (Å²) in [6.07, 6.45) is 18.8. The largest absolute Gasteiger partial charge is 0.387 e. The minimum atomic E-state index is -1.53. The van der Waals surface area contributed by atoms with Gasteiger partial charge in [0.15, 0.2) is 69.6 Å². The van der Waals surface area contributed by atoms with E-state index in [-0.39, 0.29) is 44.3 Å². The molecular formula is C64H98N16O16P4. The third kappa shape index (κ3) is 15.8. The molecule has 16 atom stereocenters. The van der Waals surface area contributed by atoms with Crippen molar-refractivity contribution in [2.75, 3.05) is 84.6 Å². The smallest absolute Gasteiger partial charge is 0.279 e. The van der Waals surface area contributed by atoms with E-state index in [1.165, 1.54) is 52.9 Å². The van der Waals surface area contributed by atoms with E-state index in [0.717, 1.165) is 24.6 Å². The van der Waals surface area contributed by atoms with Gasteiger partial charge < -0.3 is 79.4 Å². The number of aliphatic hydroxyl groups excluding tert-OH is 5. The Labute approximate surface area is 577 Å². The van der Waals surface area contributed by atoms with Crippen LogP contribution in [0.2, 0.25) is 0 Å². The van der Waals surface area contributed by atoms with Gasteiger partial charge in [-0.15, -0.1) is 52.7 Å². The van der Waals surface area contributed by atoms with E-state index in [1.54, 1.807) is 39.2 Å². The Morgan fingerprint density at radius 3 is 1.17 bits per heavy atom. The van der Waals surface area contributed by atoms with Gasteiger partial charge in [0.1, 0.15) is 76.7 Å². The van der Waals surface area contributed by atoms with Gasteiger partial charge in [-0.05, 0) is 152 Å². The maximum atomic E-state index is 12.0. The zero-order valence-corrected chi connectivity index (χ0v) is 63.0. The molecule has 0 radical (unpaired) electrons. The highest BCUT2D eigenvalue weighted by atomic mass is 31.2. The van der Waals surface area contributed by atoms with Crippen molar-refractivity contribution < 1.29 is 59.4 Å². The van der Waals surface area contributed by atoms with Gasteiger partial charge in [-0.1, -0.05) is 0 Å². The standard InChI is InChI=1S/C16H23N4O4P.3C16H25N4O4P/c1-9-18-13-10(14(22)19-9)17-8-20(13)15-11-12(21)16(24-15,7-23-11)5-6-25(2,3)4;1-9-18-13-10(14(23)19-9)17-8-20(13)15-11(21)12(22)16(2,24-15)6-7-25(3,4)5;2*1-9-18-13-11(14(22)19-9)17-8-20(13)15-16(2,23)12(21)10(24-15)6-7-25(3,4)5/h8,11-12,15,21H,2,5-7H2,1,3-4H3,(H,18,19,22);8,11-12,15,21-22H,3,6-7H2,1-2,4-5H3,(H,18,19,23);2*8,10,12,15,21,23H,3,6-7H2,1-2,4-5H3,(H,18,19,22)/t11-,12+,15-,16+;11-,12+,15-,16-;10-,12-,15-,16+;10-,12-,15-,16-/m1111/s1. The van der Waals surface area contributed by atoms with Gasteiger partial charge in [-0.25, -0.2) is 39.9 Å². The third-order valence-electron chi connectivity index (χ3n) is 18.8. The van der Waals surface area contributed by atoms with Crippen molar-refractivity contribution in [2.24, 2.45) is 0 Å². The lowest BCUT2D eigenvalue weighted by Gasteiger charge is -2.32. The monoisotopic (exact) mass is 1470 g/mol. The van der Waals surface area contributed by atoms with Gasteiger partial charge in [0, 0.05) is 0 Å². The number of H-pyrrole nitrogens is 4. The molecule has 550 valence electrons. The molecular weight excluding hydrogens is 1370 g/mol. The summed E-state index contributed by atoms with van der Waals surface area (Å²) >= 11 is 0. The van der Waals surface area contributed by atoms with Crippen LogP contribution in [0.5, 0.6) is 0 Å². The Kier molecular flexibility index (Phi) is 21.5. The molecule has 5 fully saturated rings. The molecule has 11 N–H and O–H groups in total. The number of imidazole rings is 4. The summed E-state index contributed by atoms with van der Waals surface area (Å²) in [6, 6.07) is 0. The zero-order chi connectivity index (χ0) is 73.7. The molecule has 0 amide bonds. The predicted octanol–water partition coefficient (Wildman–Crippen LogP) is 2.16. The normalized spacial score (nSPS) is 30.7. The summed E-state index contributed by atoms with van der Waals surface area (Å²) in [5.74, 6) is 1.83. The van der Waals surface area contributed by atoms with E-state index >= 15 is 0 Å². The summed E-state index contributed by atoms with van der Waals surface area (Å²) in [5.41, 5.74) is -3.82. The highest BCUT2D eigenvalue weighted by molar-refractivity contribution is 7.73. The van der Waals surface area contributed by atoms with E-state index in [4.69, 9.17) is 23.7 Å². The van der Waals surface area contributed by atoms with Gasteiger partial charge in [0.2, 0.25) is 0 Å². The average Bonchev–Trinajstić information content (AvgIpc) is 1.58. The first-order chi connectivity index (χ1) is 46.2. The number of fused-ring (bicyclic) bond motifs is 6. The molecule has 8 aromatic heterocycles. The van der Waals surface area contributed by atoms with Crippen LogP contribution in [0.25, 0.3) is 44.7 Å². The first-order valence-corrected chi connectivity index (χ1v) is 45.0. The molecule has 0 aliphatic carbocycles. The Balaban J connectivity index is 0.000000144. The fraction of sp³-hybridized carbons (Fsp3) is 0.625. The van der Waals surface area contributed by atoms with E-state index in [9.17, 15) is 54.9 Å². The molecule has 13 heterocycles. The van der Waals surface area contributed by atoms with Crippen LogP contribution in [0.1, 0.15) is 94.7 Å². The number of hydrogen-bond acceptors (Lipinski definition) is 24. The number of nitrogens with one attached hydrogen (secondary N) is 4. The van der Waals surface area contributed by atoms with Crippen LogP contribution in [0.3, 0.4) is 0 Å². The van der Waals surface area contributed by atoms with Crippen molar-refractivity contribution in [3.63, 3.8) is 0 Å². The van der Waals surface area contributed by atoms with Gasteiger partial charge in [-0.2, -0.15) is 0 Å². The number of ether oxygens (including phenoxy) is 5. The number of aromatic amines is 4. The zero-order valence-electron chi connectivity index (χ0n) is 59.4. The SMILES string of the molecule is C=P(C)(C)CC[C@@]1(C)O[C@@H](n2cnc3c(=O)[nH]c(C)nc32)[C@H](O)[C@@H]1O.C=P(C)(C)CC[C@@]12CO[C@@H]([C@H](n3cnc4c(=O)[nH]c(C)nc43)O1)[C@@H]2O.C=P(C)(C)CC[C@H]1O[C@@H](n2cnc3c(=O)[nH]c(C)nc32)[C@@](C)(O)[C@@H]1O.C=P(C)(C)CC[C@H]1O[C@@H](n2cnc3c(=O)[nH]c(C)nc32)[C@](C)(O)[C@@H]1O. The quantitative estimate of drug-likeness (QED) is 0.0617. The number of aliphatic hydroxyl groups is 7. The van der Waals surface area contributed by atoms with Crippen molar-refractivity contribution >= 4 is 97.4 Å². The number of hydrogen-bond donors (Lipinski definition) is 11. The minimum absolute atomic E-state index is 0.174. The molecule has 13 rings (SSSR count). The van der Waals surface area contributed by atoms with Gasteiger partial charge in [0.25, 0.3) is 22.2 Å². The molecule has 32 nitrogen and oxygen atoms in total. The van der Waals surface area contributed by atoms with E-state index in [0.29, 0.717) is 78.2 Å². The van der Waals surface area contributed by atoms with Crippen LogP contribution in [0, 0.1) is 27.7 Å². The van der Waals surface area contributed by atoms with Crippen LogP contribution in [-0.2, 0) is 23.7 Å². The van der Waals surface area contributed by atoms with Crippen LogP contribution in [0.15, 0.2) is 44.5 Å². The second-order valence-corrected chi connectivity index (χ2v) is 47.8. The van der Waals surface area contributed by atoms with Crippen molar-refractivity contribution in [3.8, 4) is 0 Å². The maximum Gasteiger partial charge on any atom is 0.279 e. The number of aryl methyl sites for hydroxylation is 4. The molecule has 2 bridgehead atoms. The summed E-state index contributed by atoms with van der Waals surface area (Å²) in [7, 11) is 0. The lowest BCUT2D eigenvalue weighted by atomic mass is 9.95. The highest BCUT2D eigenvalue weighted by Crippen LogP contribution is 2.51. The third-order valence-corrected chi connectivity index (χ3v) is 24.6. The molecule has 5 aliphatic rings. The molecule has 0 saturated carbocycles. The van der Waals surface area contributed by atoms with Gasteiger partial charge in [0.05, 0.1) is 49.7 Å². The Morgan fingerprint density at radius 2 is 0.810 bits per heavy atom. The first-order valence-electron chi connectivity index (χ1n) is 32.8. The molecule has 0 aromatic carbocycles.